The van der Waals surface area contributed by atoms with Gasteiger partial charge in [0.25, 0.3) is 0 Å². The maximum atomic E-state index is 11.2. The third kappa shape index (κ3) is 2.57. The summed E-state index contributed by atoms with van der Waals surface area (Å²) in [5.41, 5.74) is 1.81. The Hall–Kier alpha value is -1.35. The highest BCUT2D eigenvalue weighted by Crippen LogP contribution is 2.14. The summed E-state index contributed by atoms with van der Waals surface area (Å²) in [4.78, 5) is 11.2. The third-order valence-electron chi connectivity index (χ3n) is 2.70. The molecule has 15 heavy (non-hydrogen) atoms. The zero-order chi connectivity index (χ0) is 10.7. The van der Waals surface area contributed by atoms with Crippen LogP contribution in [0.1, 0.15) is 23.7 Å². The molecule has 1 aliphatic heterocycles. The number of carbonyl (C=O) groups is 1. The van der Waals surface area contributed by atoms with Gasteiger partial charge in [-0.3, -0.25) is 4.79 Å². The van der Waals surface area contributed by atoms with Crippen LogP contribution in [0, 0.1) is 0 Å². The number of rotatable bonds is 3. The third-order valence-corrected chi connectivity index (χ3v) is 2.70. The smallest absolute Gasteiger partial charge is 0.159 e. The SMILES string of the molecule is CC(=O)c1cccc(NC2CCNC2)c1. The van der Waals surface area contributed by atoms with Gasteiger partial charge in [0.1, 0.15) is 0 Å². The van der Waals surface area contributed by atoms with Crippen molar-refractivity contribution in [2.45, 2.75) is 19.4 Å². The predicted octanol–water partition coefficient (Wildman–Crippen LogP) is 1.66. The van der Waals surface area contributed by atoms with Crippen molar-refractivity contribution in [1.82, 2.24) is 5.32 Å². The summed E-state index contributed by atoms with van der Waals surface area (Å²) < 4.78 is 0. The Kier molecular flexibility index (Phi) is 3.02. The van der Waals surface area contributed by atoms with Gasteiger partial charge in [0, 0.05) is 23.8 Å². The van der Waals surface area contributed by atoms with Crippen LogP contribution in [-0.2, 0) is 0 Å². The molecular weight excluding hydrogens is 188 g/mol. The Morgan fingerprint density at radius 3 is 3.07 bits per heavy atom. The molecule has 0 bridgehead atoms. The molecule has 2 rings (SSSR count). The van der Waals surface area contributed by atoms with E-state index in [4.69, 9.17) is 0 Å². The van der Waals surface area contributed by atoms with Gasteiger partial charge >= 0.3 is 0 Å². The minimum atomic E-state index is 0.114. The number of Topliss-reactive ketones (excluding diaryl/α,β-unsaturated/α-hetero) is 1. The van der Waals surface area contributed by atoms with E-state index in [1.165, 1.54) is 0 Å². The highest BCUT2D eigenvalue weighted by atomic mass is 16.1. The Morgan fingerprint density at radius 1 is 1.53 bits per heavy atom. The van der Waals surface area contributed by atoms with E-state index in [1.54, 1.807) is 6.92 Å². The van der Waals surface area contributed by atoms with E-state index in [1.807, 2.05) is 24.3 Å². The largest absolute Gasteiger partial charge is 0.381 e. The maximum absolute atomic E-state index is 11.2. The molecule has 0 saturated carbocycles. The first kappa shape index (κ1) is 10.2. The summed E-state index contributed by atoms with van der Waals surface area (Å²) in [6.07, 6.45) is 1.14. The number of nitrogens with one attached hydrogen (secondary N) is 2. The molecule has 2 N–H and O–H groups in total. The number of hydrogen-bond acceptors (Lipinski definition) is 3. The van der Waals surface area contributed by atoms with Crippen LogP contribution in [0.2, 0.25) is 0 Å². The molecular formula is C12H16N2O. The van der Waals surface area contributed by atoms with Gasteiger partial charge in [-0.1, -0.05) is 12.1 Å². The number of anilines is 1. The average Bonchev–Trinajstić information content (AvgIpc) is 2.71. The number of carbonyl (C=O) groups excluding carboxylic acids is 1. The lowest BCUT2D eigenvalue weighted by Crippen LogP contribution is -2.22. The van der Waals surface area contributed by atoms with Crippen LogP contribution in [0.25, 0.3) is 0 Å². The molecule has 1 unspecified atom stereocenters. The van der Waals surface area contributed by atoms with Crippen LogP contribution >= 0.6 is 0 Å². The van der Waals surface area contributed by atoms with Crippen molar-refractivity contribution in [3.05, 3.63) is 29.8 Å². The topological polar surface area (TPSA) is 41.1 Å². The van der Waals surface area contributed by atoms with Crippen LogP contribution < -0.4 is 10.6 Å². The van der Waals surface area contributed by atoms with Gasteiger partial charge in [0.2, 0.25) is 0 Å². The van der Waals surface area contributed by atoms with Crippen LogP contribution in [0.15, 0.2) is 24.3 Å². The first-order valence-corrected chi connectivity index (χ1v) is 5.34. The van der Waals surface area contributed by atoms with E-state index in [9.17, 15) is 4.79 Å². The highest BCUT2D eigenvalue weighted by Gasteiger charge is 2.13. The quantitative estimate of drug-likeness (QED) is 0.736. The molecule has 0 spiro atoms. The minimum Gasteiger partial charge on any atom is -0.381 e. The summed E-state index contributed by atoms with van der Waals surface area (Å²) in [7, 11) is 0. The van der Waals surface area contributed by atoms with Gasteiger partial charge in [0.15, 0.2) is 5.78 Å². The lowest BCUT2D eigenvalue weighted by Gasteiger charge is -2.13. The molecule has 0 aromatic heterocycles. The average molecular weight is 204 g/mol. The van der Waals surface area contributed by atoms with E-state index >= 15 is 0 Å². The molecule has 1 aromatic carbocycles. The summed E-state index contributed by atoms with van der Waals surface area (Å²) >= 11 is 0. The molecule has 0 aliphatic carbocycles. The zero-order valence-electron chi connectivity index (χ0n) is 8.92. The second-order valence-corrected chi connectivity index (χ2v) is 3.97. The van der Waals surface area contributed by atoms with Crippen molar-refractivity contribution < 1.29 is 4.79 Å². The summed E-state index contributed by atoms with van der Waals surface area (Å²) in [6, 6.07) is 8.18. The molecule has 3 heteroatoms. The molecule has 0 amide bonds. The molecule has 80 valence electrons. The fourth-order valence-electron chi connectivity index (χ4n) is 1.84. The van der Waals surface area contributed by atoms with Crippen molar-refractivity contribution in [2.24, 2.45) is 0 Å². The van der Waals surface area contributed by atoms with E-state index in [2.05, 4.69) is 10.6 Å². The summed E-state index contributed by atoms with van der Waals surface area (Å²) in [6.45, 7) is 3.67. The first-order chi connectivity index (χ1) is 7.25. The summed E-state index contributed by atoms with van der Waals surface area (Å²) in [5, 5.41) is 6.72. The minimum absolute atomic E-state index is 0.114. The number of benzene rings is 1. The van der Waals surface area contributed by atoms with Crippen LogP contribution in [-0.4, -0.2) is 24.9 Å². The van der Waals surface area contributed by atoms with Gasteiger partial charge in [-0.2, -0.15) is 0 Å². The Morgan fingerprint density at radius 2 is 2.40 bits per heavy atom. The van der Waals surface area contributed by atoms with Crippen LogP contribution in [0.5, 0.6) is 0 Å². The van der Waals surface area contributed by atoms with Gasteiger partial charge in [0.05, 0.1) is 0 Å². The standard InChI is InChI=1S/C12H16N2O/c1-9(15)10-3-2-4-11(7-10)14-12-5-6-13-8-12/h2-4,7,12-14H,5-6,8H2,1H3. The molecule has 1 fully saturated rings. The molecule has 3 nitrogen and oxygen atoms in total. The molecule has 1 aromatic rings. The molecule has 1 atom stereocenters. The van der Waals surface area contributed by atoms with Crippen molar-refractivity contribution in [3.63, 3.8) is 0 Å². The fourth-order valence-corrected chi connectivity index (χ4v) is 1.84. The normalized spacial score (nSPS) is 20.2. The van der Waals surface area contributed by atoms with Gasteiger partial charge < -0.3 is 10.6 Å². The lowest BCUT2D eigenvalue weighted by molar-refractivity contribution is 0.101. The summed E-state index contributed by atoms with van der Waals surface area (Å²) in [5.74, 6) is 0.114. The molecule has 1 aliphatic rings. The molecule has 1 saturated heterocycles. The Balaban J connectivity index is 2.07. The predicted molar refractivity (Wildman–Crippen MR) is 61.3 cm³/mol. The van der Waals surface area contributed by atoms with Crippen LogP contribution in [0.3, 0.4) is 0 Å². The second-order valence-electron chi connectivity index (χ2n) is 3.97. The highest BCUT2D eigenvalue weighted by molar-refractivity contribution is 5.94. The van der Waals surface area contributed by atoms with E-state index in [0.29, 0.717) is 6.04 Å². The maximum Gasteiger partial charge on any atom is 0.159 e. The lowest BCUT2D eigenvalue weighted by atomic mass is 10.1. The van der Waals surface area contributed by atoms with Gasteiger partial charge in [-0.15, -0.1) is 0 Å². The molecule has 0 radical (unpaired) electrons. The van der Waals surface area contributed by atoms with E-state index in [0.717, 1.165) is 30.8 Å². The Bertz CT molecular complexity index is 356. The molecule has 1 heterocycles. The Labute approximate surface area is 89.9 Å². The van der Waals surface area contributed by atoms with E-state index < -0.39 is 0 Å². The van der Waals surface area contributed by atoms with Gasteiger partial charge in [-0.05, 0) is 32.0 Å². The van der Waals surface area contributed by atoms with Gasteiger partial charge in [-0.25, -0.2) is 0 Å². The number of hydrogen-bond donors (Lipinski definition) is 2. The fraction of sp³-hybridized carbons (Fsp3) is 0.417. The second kappa shape index (κ2) is 4.45. The van der Waals surface area contributed by atoms with Crippen molar-refractivity contribution in [2.75, 3.05) is 18.4 Å². The van der Waals surface area contributed by atoms with Crippen molar-refractivity contribution in [3.8, 4) is 0 Å². The number of ketones is 1. The van der Waals surface area contributed by atoms with Crippen molar-refractivity contribution >= 4 is 11.5 Å². The van der Waals surface area contributed by atoms with Crippen molar-refractivity contribution in [1.29, 1.82) is 0 Å². The van der Waals surface area contributed by atoms with E-state index in [-0.39, 0.29) is 5.78 Å². The zero-order valence-corrected chi connectivity index (χ0v) is 8.92. The monoisotopic (exact) mass is 204 g/mol. The first-order valence-electron chi connectivity index (χ1n) is 5.34. The van der Waals surface area contributed by atoms with Crippen LogP contribution in [0.4, 0.5) is 5.69 Å².